The maximum atomic E-state index is 12.5. The number of pyridine rings is 1. The number of amides is 1. The van der Waals surface area contributed by atoms with E-state index < -0.39 is 0 Å². The monoisotopic (exact) mass is 318 g/mol. The third-order valence-electron chi connectivity index (χ3n) is 4.49. The Hall–Kier alpha value is -1.88. The zero-order valence-corrected chi connectivity index (χ0v) is 14.6. The topological polar surface area (TPSA) is 60.3 Å². The van der Waals surface area contributed by atoms with Crippen LogP contribution in [-0.2, 0) is 16.1 Å². The molecule has 0 radical (unpaired) electrons. The largest absolute Gasteiger partial charge is 0.383 e. The van der Waals surface area contributed by atoms with Crippen LogP contribution in [0.5, 0.6) is 0 Å². The molecule has 1 saturated carbocycles. The Labute approximate surface area is 137 Å². The number of hydrogen-bond donors (Lipinski definition) is 1. The molecule has 1 amide bonds. The van der Waals surface area contributed by atoms with Crippen LogP contribution >= 0.6 is 0 Å². The molecule has 5 nitrogen and oxygen atoms in total. The zero-order chi connectivity index (χ0) is 17.2. The number of anilines is 1. The lowest BCUT2D eigenvalue weighted by molar-refractivity contribution is -0.118. The number of aromatic nitrogens is 1. The number of nitrogens with zero attached hydrogens (tertiary/aromatic N) is 1. The summed E-state index contributed by atoms with van der Waals surface area (Å²) in [5.74, 6) is 0.248. The first-order chi connectivity index (χ1) is 10.8. The number of carbonyl (C=O) groups is 1. The normalized spacial score (nSPS) is 21.6. The van der Waals surface area contributed by atoms with Crippen molar-refractivity contribution in [3.63, 3.8) is 0 Å². The molecule has 5 heteroatoms. The van der Waals surface area contributed by atoms with Crippen LogP contribution in [0.4, 0.5) is 5.69 Å². The van der Waals surface area contributed by atoms with Crippen LogP contribution in [0.1, 0.15) is 27.7 Å². The highest BCUT2D eigenvalue weighted by Crippen LogP contribution is 2.59. The van der Waals surface area contributed by atoms with Crippen molar-refractivity contribution in [3.05, 3.63) is 40.3 Å². The number of carbonyl (C=O) groups excluding carboxylic acids is 1. The highest BCUT2D eigenvalue weighted by Gasteiger charge is 2.60. The van der Waals surface area contributed by atoms with Gasteiger partial charge in [-0.1, -0.05) is 25.5 Å². The first-order valence-electron chi connectivity index (χ1n) is 7.92. The number of methoxy groups -OCH3 is 1. The molecule has 1 aromatic rings. The molecule has 1 aliphatic carbocycles. The van der Waals surface area contributed by atoms with E-state index >= 15 is 0 Å². The van der Waals surface area contributed by atoms with Gasteiger partial charge in [-0.2, -0.15) is 0 Å². The molecular formula is C18H26N2O3. The van der Waals surface area contributed by atoms with Crippen molar-refractivity contribution in [2.75, 3.05) is 19.0 Å². The SMILES string of the molecule is COCCn1cc(NC(=O)C2C(C=C(C)C)C2(C)C)ccc1=O. The summed E-state index contributed by atoms with van der Waals surface area (Å²) in [5, 5.41) is 2.94. The fourth-order valence-electron chi connectivity index (χ4n) is 3.04. The average Bonchev–Trinajstić information content (AvgIpc) is 2.99. The Morgan fingerprint density at radius 2 is 2.09 bits per heavy atom. The summed E-state index contributed by atoms with van der Waals surface area (Å²) < 4.78 is 6.54. The van der Waals surface area contributed by atoms with Crippen LogP contribution in [0.3, 0.4) is 0 Å². The van der Waals surface area contributed by atoms with E-state index in [9.17, 15) is 9.59 Å². The first kappa shape index (κ1) is 17.5. The minimum Gasteiger partial charge on any atom is -0.383 e. The van der Waals surface area contributed by atoms with Crippen molar-refractivity contribution < 1.29 is 9.53 Å². The average molecular weight is 318 g/mol. The number of rotatable bonds is 6. The van der Waals surface area contributed by atoms with Crippen LogP contribution in [0.15, 0.2) is 34.8 Å². The van der Waals surface area contributed by atoms with Gasteiger partial charge >= 0.3 is 0 Å². The van der Waals surface area contributed by atoms with Crippen molar-refractivity contribution in [2.24, 2.45) is 17.3 Å². The van der Waals surface area contributed by atoms with E-state index in [0.29, 0.717) is 18.8 Å². The smallest absolute Gasteiger partial charge is 0.250 e. The lowest BCUT2D eigenvalue weighted by Gasteiger charge is -2.09. The van der Waals surface area contributed by atoms with Gasteiger partial charge in [0.25, 0.3) is 5.56 Å². The van der Waals surface area contributed by atoms with E-state index in [2.05, 4.69) is 39.1 Å². The molecule has 2 unspecified atom stereocenters. The molecule has 0 spiro atoms. The molecule has 0 aliphatic heterocycles. The van der Waals surface area contributed by atoms with Gasteiger partial charge < -0.3 is 14.6 Å². The Balaban J connectivity index is 2.09. The molecular weight excluding hydrogens is 292 g/mol. The molecule has 0 aromatic carbocycles. The van der Waals surface area contributed by atoms with Crippen molar-refractivity contribution in [1.82, 2.24) is 4.57 Å². The molecule has 0 bridgehead atoms. The maximum absolute atomic E-state index is 12.5. The second-order valence-electron chi connectivity index (χ2n) is 7.00. The standard InChI is InChI=1S/C18H26N2O3/c1-12(2)10-14-16(18(14,3)4)17(22)19-13-6-7-15(21)20(11-13)8-9-23-5/h6-7,10-11,14,16H,8-9H2,1-5H3,(H,19,22). The number of ether oxygens (including phenoxy) is 1. The molecule has 1 aliphatic rings. The summed E-state index contributed by atoms with van der Waals surface area (Å²) in [6.45, 7) is 9.25. The lowest BCUT2D eigenvalue weighted by atomic mass is 10.1. The quantitative estimate of drug-likeness (QED) is 0.820. The highest BCUT2D eigenvalue weighted by molar-refractivity contribution is 5.95. The fraction of sp³-hybridized carbons (Fsp3) is 0.556. The van der Waals surface area contributed by atoms with Crippen molar-refractivity contribution >= 4 is 11.6 Å². The van der Waals surface area contributed by atoms with Gasteiger partial charge in [-0.05, 0) is 31.2 Å². The predicted molar refractivity (Wildman–Crippen MR) is 91.4 cm³/mol. The van der Waals surface area contributed by atoms with E-state index in [4.69, 9.17) is 4.74 Å². The van der Waals surface area contributed by atoms with E-state index in [1.54, 1.807) is 23.9 Å². The van der Waals surface area contributed by atoms with E-state index in [-0.39, 0.29) is 28.7 Å². The molecule has 0 saturated heterocycles. The second kappa shape index (κ2) is 6.71. The van der Waals surface area contributed by atoms with Crippen molar-refractivity contribution in [2.45, 2.75) is 34.2 Å². The molecule has 1 fully saturated rings. The summed E-state index contributed by atoms with van der Waals surface area (Å²) >= 11 is 0. The second-order valence-corrected chi connectivity index (χ2v) is 7.00. The van der Waals surface area contributed by atoms with Crippen LogP contribution < -0.4 is 10.9 Å². The van der Waals surface area contributed by atoms with Gasteiger partial charge in [0, 0.05) is 25.9 Å². The Morgan fingerprint density at radius 1 is 1.39 bits per heavy atom. The summed E-state index contributed by atoms with van der Waals surface area (Å²) in [5.41, 5.74) is 1.75. The van der Waals surface area contributed by atoms with E-state index in [1.165, 1.54) is 11.6 Å². The molecule has 1 heterocycles. The summed E-state index contributed by atoms with van der Waals surface area (Å²) in [6.07, 6.45) is 3.84. The summed E-state index contributed by atoms with van der Waals surface area (Å²) in [4.78, 5) is 24.3. The van der Waals surface area contributed by atoms with Gasteiger partial charge in [-0.25, -0.2) is 0 Å². The maximum Gasteiger partial charge on any atom is 0.250 e. The Morgan fingerprint density at radius 3 is 2.70 bits per heavy atom. The Bertz CT molecular complexity index is 669. The minimum atomic E-state index is -0.103. The molecule has 2 rings (SSSR count). The van der Waals surface area contributed by atoms with Crippen LogP contribution in [-0.4, -0.2) is 24.2 Å². The van der Waals surface area contributed by atoms with Crippen molar-refractivity contribution in [1.29, 1.82) is 0 Å². The first-order valence-corrected chi connectivity index (χ1v) is 7.92. The molecule has 2 atom stereocenters. The van der Waals surface area contributed by atoms with Gasteiger partial charge in [0.1, 0.15) is 0 Å². The fourth-order valence-corrected chi connectivity index (χ4v) is 3.04. The van der Waals surface area contributed by atoms with Gasteiger partial charge in [0.2, 0.25) is 5.91 Å². The third kappa shape index (κ3) is 3.91. The van der Waals surface area contributed by atoms with Crippen LogP contribution in [0.25, 0.3) is 0 Å². The van der Waals surface area contributed by atoms with E-state index in [0.717, 1.165) is 0 Å². The van der Waals surface area contributed by atoms with Gasteiger partial charge in [0.15, 0.2) is 0 Å². The molecule has 126 valence electrons. The summed E-state index contributed by atoms with van der Waals surface area (Å²) in [6, 6.07) is 3.12. The van der Waals surface area contributed by atoms with Gasteiger partial charge in [-0.15, -0.1) is 0 Å². The highest BCUT2D eigenvalue weighted by atomic mass is 16.5. The van der Waals surface area contributed by atoms with Crippen molar-refractivity contribution in [3.8, 4) is 0 Å². The predicted octanol–water partition coefficient (Wildman–Crippen LogP) is 2.67. The molecule has 23 heavy (non-hydrogen) atoms. The van der Waals surface area contributed by atoms with Gasteiger partial charge in [0.05, 0.1) is 18.2 Å². The minimum absolute atomic E-state index is 0.00874. The lowest BCUT2D eigenvalue weighted by Crippen LogP contribution is -2.23. The van der Waals surface area contributed by atoms with Crippen LogP contribution in [0, 0.1) is 17.3 Å². The molecule has 1 aromatic heterocycles. The Kier molecular flexibility index (Phi) is 5.09. The number of hydrogen-bond acceptors (Lipinski definition) is 3. The number of nitrogens with one attached hydrogen (secondary N) is 1. The third-order valence-corrected chi connectivity index (χ3v) is 4.49. The van der Waals surface area contributed by atoms with E-state index in [1.807, 2.05) is 0 Å². The molecule has 1 N–H and O–H groups in total. The number of allylic oxidation sites excluding steroid dienone is 2. The zero-order valence-electron chi connectivity index (χ0n) is 14.6. The van der Waals surface area contributed by atoms with Gasteiger partial charge in [-0.3, -0.25) is 9.59 Å². The summed E-state index contributed by atoms with van der Waals surface area (Å²) in [7, 11) is 1.59. The van der Waals surface area contributed by atoms with Crippen LogP contribution in [0.2, 0.25) is 0 Å².